The van der Waals surface area contributed by atoms with Crippen molar-refractivity contribution >= 4 is 5.91 Å². The summed E-state index contributed by atoms with van der Waals surface area (Å²) < 4.78 is 13.4. The molecule has 4 atom stereocenters. The van der Waals surface area contributed by atoms with Gasteiger partial charge in [0, 0.05) is 13.0 Å². The number of nitrogens with zero attached hydrogens (tertiary/aromatic N) is 1. The minimum atomic E-state index is -1.21. The van der Waals surface area contributed by atoms with Crippen molar-refractivity contribution in [2.75, 3.05) is 19.8 Å². The highest BCUT2D eigenvalue weighted by molar-refractivity contribution is 5.75. The number of aryl methyl sites for hydroxylation is 1. The minimum absolute atomic E-state index is 0.186. The number of nitrogens with one attached hydrogen (secondary N) is 1. The van der Waals surface area contributed by atoms with Crippen LogP contribution in [0.4, 0.5) is 4.39 Å². The number of rotatable bonds is 7. The maximum Gasteiger partial charge on any atom is 0.220 e. The summed E-state index contributed by atoms with van der Waals surface area (Å²) in [5.41, 5.74) is 1.21. The lowest BCUT2D eigenvalue weighted by molar-refractivity contribution is -0.129. The molecule has 1 aromatic rings. The SMILES string of the molecule is CCC(=O)NC1CN(CCCc2ccccc2)C(CF)C(O)C1O. The number of hydrogen-bond acceptors (Lipinski definition) is 4. The highest BCUT2D eigenvalue weighted by Gasteiger charge is 2.42. The molecule has 6 heteroatoms. The lowest BCUT2D eigenvalue weighted by atomic mass is 9.92. The van der Waals surface area contributed by atoms with Gasteiger partial charge in [0.2, 0.25) is 5.91 Å². The van der Waals surface area contributed by atoms with Crippen molar-refractivity contribution in [2.45, 2.75) is 50.5 Å². The van der Waals surface area contributed by atoms with Crippen LogP contribution >= 0.6 is 0 Å². The number of likely N-dealkylation sites (tertiary alicyclic amines) is 1. The van der Waals surface area contributed by atoms with Crippen LogP contribution in [-0.2, 0) is 11.2 Å². The van der Waals surface area contributed by atoms with Crippen LogP contribution in [0.5, 0.6) is 0 Å². The van der Waals surface area contributed by atoms with Crippen molar-refractivity contribution in [2.24, 2.45) is 0 Å². The van der Waals surface area contributed by atoms with Crippen molar-refractivity contribution in [3.63, 3.8) is 0 Å². The van der Waals surface area contributed by atoms with Gasteiger partial charge in [-0.15, -0.1) is 0 Å². The second-order valence-electron chi connectivity index (χ2n) is 6.31. The van der Waals surface area contributed by atoms with E-state index >= 15 is 0 Å². The zero-order chi connectivity index (χ0) is 17.5. The van der Waals surface area contributed by atoms with Crippen LogP contribution in [0.3, 0.4) is 0 Å². The molecule has 5 nitrogen and oxygen atoms in total. The fourth-order valence-electron chi connectivity index (χ4n) is 3.19. The molecule has 1 fully saturated rings. The number of aliphatic hydroxyl groups excluding tert-OH is 2. The molecule has 0 saturated carbocycles. The molecule has 4 unspecified atom stereocenters. The van der Waals surface area contributed by atoms with Gasteiger partial charge in [-0.25, -0.2) is 4.39 Å². The average Bonchev–Trinajstić information content (AvgIpc) is 2.60. The Balaban J connectivity index is 1.95. The van der Waals surface area contributed by atoms with Gasteiger partial charge >= 0.3 is 0 Å². The molecule has 1 saturated heterocycles. The molecule has 24 heavy (non-hydrogen) atoms. The maximum atomic E-state index is 13.4. The van der Waals surface area contributed by atoms with E-state index in [0.29, 0.717) is 19.5 Å². The number of hydrogen-bond donors (Lipinski definition) is 3. The van der Waals surface area contributed by atoms with Crippen LogP contribution < -0.4 is 5.32 Å². The monoisotopic (exact) mass is 338 g/mol. The Bertz CT molecular complexity index is 514. The Morgan fingerprint density at radius 2 is 2.00 bits per heavy atom. The molecule has 0 bridgehead atoms. The lowest BCUT2D eigenvalue weighted by Crippen LogP contribution is -2.66. The molecule has 1 aliphatic heterocycles. The first-order valence-corrected chi connectivity index (χ1v) is 8.56. The smallest absolute Gasteiger partial charge is 0.220 e. The van der Waals surface area contributed by atoms with Crippen molar-refractivity contribution in [1.82, 2.24) is 10.2 Å². The molecule has 0 aromatic heterocycles. The standard InChI is InChI=1S/C18H27FN2O3/c1-2-16(22)20-14-12-21(15(11-19)18(24)17(14)23)10-6-9-13-7-4-3-5-8-13/h3-5,7-8,14-15,17-18,23-24H,2,6,9-12H2,1H3,(H,20,22). The maximum absolute atomic E-state index is 13.4. The summed E-state index contributed by atoms with van der Waals surface area (Å²) in [5.74, 6) is -0.186. The molecule has 1 heterocycles. The molecule has 3 N–H and O–H groups in total. The van der Waals surface area contributed by atoms with E-state index in [1.807, 2.05) is 35.2 Å². The van der Waals surface area contributed by atoms with E-state index in [2.05, 4.69) is 5.32 Å². The van der Waals surface area contributed by atoms with E-state index < -0.39 is 31.0 Å². The minimum Gasteiger partial charge on any atom is -0.389 e. The third-order valence-corrected chi connectivity index (χ3v) is 4.64. The number of amides is 1. The number of halogens is 1. The number of alkyl halides is 1. The quantitative estimate of drug-likeness (QED) is 0.690. The van der Waals surface area contributed by atoms with Crippen LogP contribution in [0.15, 0.2) is 30.3 Å². The number of piperidine rings is 1. The third kappa shape index (κ3) is 4.75. The topological polar surface area (TPSA) is 72.8 Å². The van der Waals surface area contributed by atoms with Gasteiger partial charge in [0.25, 0.3) is 0 Å². The van der Waals surface area contributed by atoms with E-state index in [0.717, 1.165) is 12.8 Å². The van der Waals surface area contributed by atoms with Gasteiger partial charge in [-0.2, -0.15) is 0 Å². The molecule has 134 valence electrons. The van der Waals surface area contributed by atoms with Crippen molar-refractivity contribution in [3.05, 3.63) is 35.9 Å². The van der Waals surface area contributed by atoms with E-state index in [-0.39, 0.29) is 5.91 Å². The first kappa shape index (κ1) is 18.8. The number of benzene rings is 1. The van der Waals surface area contributed by atoms with Gasteiger partial charge in [-0.3, -0.25) is 9.69 Å². The van der Waals surface area contributed by atoms with Crippen LogP contribution in [-0.4, -0.2) is 65.1 Å². The van der Waals surface area contributed by atoms with Crippen LogP contribution in [0.2, 0.25) is 0 Å². The van der Waals surface area contributed by atoms with Gasteiger partial charge in [0.05, 0.1) is 18.2 Å². The van der Waals surface area contributed by atoms with Crippen molar-refractivity contribution in [1.29, 1.82) is 0 Å². The second kappa shape index (κ2) is 9.11. The van der Waals surface area contributed by atoms with Gasteiger partial charge in [-0.05, 0) is 24.9 Å². The summed E-state index contributed by atoms with van der Waals surface area (Å²) in [5, 5.41) is 23.1. The lowest BCUT2D eigenvalue weighted by Gasteiger charge is -2.44. The highest BCUT2D eigenvalue weighted by atomic mass is 19.1. The van der Waals surface area contributed by atoms with Gasteiger partial charge in [-0.1, -0.05) is 37.3 Å². The van der Waals surface area contributed by atoms with Crippen molar-refractivity contribution in [3.8, 4) is 0 Å². The molecule has 0 aliphatic carbocycles. The van der Waals surface area contributed by atoms with E-state index in [1.54, 1.807) is 6.92 Å². The fourth-order valence-corrected chi connectivity index (χ4v) is 3.19. The van der Waals surface area contributed by atoms with E-state index in [1.165, 1.54) is 5.56 Å². The zero-order valence-corrected chi connectivity index (χ0v) is 14.1. The summed E-state index contributed by atoms with van der Waals surface area (Å²) in [7, 11) is 0. The zero-order valence-electron chi connectivity index (χ0n) is 14.1. The van der Waals surface area contributed by atoms with Gasteiger partial charge in [0.1, 0.15) is 12.8 Å². The van der Waals surface area contributed by atoms with Gasteiger partial charge in [0.15, 0.2) is 0 Å². The van der Waals surface area contributed by atoms with Crippen molar-refractivity contribution < 1.29 is 19.4 Å². The normalized spacial score (nSPS) is 27.8. The number of aliphatic hydroxyl groups is 2. The average molecular weight is 338 g/mol. The summed E-state index contributed by atoms with van der Waals surface area (Å²) in [6.45, 7) is 1.94. The third-order valence-electron chi connectivity index (χ3n) is 4.64. The number of carbonyl (C=O) groups excluding carboxylic acids is 1. The Hall–Kier alpha value is -1.50. The first-order chi connectivity index (χ1) is 11.6. The molecule has 0 radical (unpaired) electrons. The highest BCUT2D eigenvalue weighted by Crippen LogP contribution is 2.20. The van der Waals surface area contributed by atoms with Crippen LogP contribution in [0.1, 0.15) is 25.3 Å². The molecule has 1 amide bonds. The molecule has 1 aromatic carbocycles. The molecule has 1 aliphatic rings. The summed E-state index contributed by atoms with van der Waals surface area (Å²) >= 11 is 0. The Labute approximate surface area is 142 Å². The van der Waals surface area contributed by atoms with E-state index in [9.17, 15) is 19.4 Å². The first-order valence-electron chi connectivity index (χ1n) is 8.56. The summed E-state index contributed by atoms with van der Waals surface area (Å²) in [4.78, 5) is 13.4. The molecule has 0 spiro atoms. The van der Waals surface area contributed by atoms with E-state index in [4.69, 9.17) is 0 Å². The fraction of sp³-hybridized carbons (Fsp3) is 0.611. The summed E-state index contributed by atoms with van der Waals surface area (Å²) in [6, 6.07) is 8.72. The molecular formula is C18H27FN2O3. The van der Waals surface area contributed by atoms with Gasteiger partial charge < -0.3 is 15.5 Å². The molecule has 2 rings (SSSR count). The second-order valence-corrected chi connectivity index (χ2v) is 6.31. The Morgan fingerprint density at radius 3 is 2.62 bits per heavy atom. The number of carbonyl (C=O) groups is 1. The Kier molecular flexibility index (Phi) is 7.15. The van der Waals surface area contributed by atoms with Crippen LogP contribution in [0, 0.1) is 0 Å². The Morgan fingerprint density at radius 1 is 1.29 bits per heavy atom. The predicted molar refractivity (Wildman–Crippen MR) is 90.3 cm³/mol. The predicted octanol–water partition coefficient (Wildman–Crippen LogP) is 0.889. The largest absolute Gasteiger partial charge is 0.389 e. The summed E-state index contributed by atoms with van der Waals surface area (Å²) in [6.07, 6.45) is -0.368. The molecular weight excluding hydrogens is 311 g/mol. The van der Waals surface area contributed by atoms with Crippen LogP contribution in [0.25, 0.3) is 0 Å².